The minimum absolute atomic E-state index is 0.0449. The quantitative estimate of drug-likeness (QED) is 0.823. The average molecular weight is 334 g/mol. The molecule has 1 saturated heterocycles. The minimum Gasteiger partial charge on any atom is -0.356 e. The Balaban J connectivity index is 1.52. The summed E-state index contributed by atoms with van der Waals surface area (Å²) >= 11 is 0. The van der Waals surface area contributed by atoms with Crippen molar-refractivity contribution in [1.29, 1.82) is 0 Å². The van der Waals surface area contributed by atoms with Crippen molar-refractivity contribution in [2.24, 2.45) is 17.8 Å². The number of piperidine rings is 1. The summed E-state index contributed by atoms with van der Waals surface area (Å²) < 4.78 is 1.97. The number of hydrogen-bond donors (Lipinski definition) is 1. The van der Waals surface area contributed by atoms with Crippen LogP contribution >= 0.6 is 0 Å². The van der Waals surface area contributed by atoms with Gasteiger partial charge in [-0.15, -0.1) is 0 Å². The monoisotopic (exact) mass is 334 g/mol. The van der Waals surface area contributed by atoms with Crippen molar-refractivity contribution >= 4 is 11.9 Å². The molecule has 1 aliphatic carbocycles. The predicted molar refractivity (Wildman–Crippen MR) is 92.6 cm³/mol. The van der Waals surface area contributed by atoms with Crippen LogP contribution in [0.15, 0.2) is 0 Å². The zero-order valence-electron chi connectivity index (χ0n) is 14.9. The van der Waals surface area contributed by atoms with Gasteiger partial charge in [0, 0.05) is 32.1 Å². The maximum atomic E-state index is 11.8. The number of nitrogens with one attached hydrogen (secondary N) is 1. The number of nitrogens with zero attached hydrogens (tertiary/aromatic N) is 5. The number of hydrogen-bond acceptors (Lipinski definition) is 5. The summed E-state index contributed by atoms with van der Waals surface area (Å²) in [4.78, 5) is 14.1. The molecule has 1 aromatic heterocycles. The fourth-order valence-corrected chi connectivity index (χ4v) is 3.52. The molecule has 1 aliphatic heterocycles. The molecular weight excluding hydrogens is 304 g/mol. The fourth-order valence-electron chi connectivity index (χ4n) is 3.52. The first-order valence-corrected chi connectivity index (χ1v) is 9.42. The van der Waals surface area contributed by atoms with Gasteiger partial charge >= 0.3 is 0 Å². The third-order valence-electron chi connectivity index (χ3n) is 5.38. The van der Waals surface area contributed by atoms with E-state index in [2.05, 4.69) is 25.7 Å². The Morgan fingerprint density at radius 1 is 1.25 bits per heavy atom. The Hall–Kier alpha value is -1.66. The van der Waals surface area contributed by atoms with Crippen molar-refractivity contribution in [1.82, 2.24) is 25.5 Å². The lowest BCUT2D eigenvalue weighted by Crippen LogP contribution is -2.42. The molecule has 1 amide bonds. The summed E-state index contributed by atoms with van der Waals surface area (Å²) in [6.07, 6.45) is 7.55. The Bertz CT molecular complexity index is 539. The summed E-state index contributed by atoms with van der Waals surface area (Å²) in [7, 11) is 0. The van der Waals surface area contributed by atoms with Crippen molar-refractivity contribution in [3.63, 3.8) is 0 Å². The largest absolute Gasteiger partial charge is 0.356 e. The summed E-state index contributed by atoms with van der Waals surface area (Å²) in [5.41, 5.74) is 0. The van der Waals surface area contributed by atoms with Gasteiger partial charge < -0.3 is 10.2 Å². The molecule has 3 rings (SSSR count). The van der Waals surface area contributed by atoms with E-state index in [0.717, 1.165) is 50.9 Å². The highest BCUT2D eigenvalue weighted by Crippen LogP contribution is 2.30. The summed E-state index contributed by atoms with van der Waals surface area (Å²) in [6.45, 7) is 7.44. The number of anilines is 1. The lowest BCUT2D eigenvalue weighted by atomic mass is 9.83. The molecule has 2 fully saturated rings. The Morgan fingerprint density at radius 3 is 2.75 bits per heavy atom. The van der Waals surface area contributed by atoms with E-state index in [9.17, 15) is 4.79 Å². The molecule has 1 atom stereocenters. The van der Waals surface area contributed by atoms with Gasteiger partial charge in [0.25, 0.3) is 0 Å². The second-order valence-electron chi connectivity index (χ2n) is 7.64. The van der Waals surface area contributed by atoms with Gasteiger partial charge in [-0.3, -0.25) is 4.79 Å². The van der Waals surface area contributed by atoms with Crippen LogP contribution in [0.5, 0.6) is 0 Å². The first kappa shape index (κ1) is 17.2. The van der Waals surface area contributed by atoms with E-state index in [1.54, 1.807) is 0 Å². The Kier molecular flexibility index (Phi) is 5.68. The van der Waals surface area contributed by atoms with E-state index < -0.39 is 0 Å². The van der Waals surface area contributed by atoms with Gasteiger partial charge in [0.2, 0.25) is 11.9 Å². The molecule has 7 nitrogen and oxygen atoms in total. The molecule has 1 saturated carbocycles. The van der Waals surface area contributed by atoms with Gasteiger partial charge in [-0.25, -0.2) is 4.68 Å². The van der Waals surface area contributed by atoms with E-state index in [1.165, 1.54) is 25.7 Å². The lowest BCUT2D eigenvalue weighted by molar-refractivity contribution is -0.124. The normalized spacial score (nSPS) is 21.8. The molecule has 2 heterocycles. The van der Waals surface area contributed by atoms with E-state index in [-0.39, 0.29) is 11.8 Å². The second-order valence-corrected chi connectivity index (χ2v) is 7.64. The molecule has 0 aromatic carbocycles. The zero-order valence-corrected chi connectivity index (χ0v) is 14.9. The molecule has 1 unspecified atom stereocenters. The van der Waals surface area contributed by atoms with Crippen LogP contribution < -0.4 is 10.2 Å². The lowest BCUT2D eigenvalue weighted by Gasteiger charge is -2.33. The van der Waals surface area contributed by atoms with Gasteiger partial charge in [0.15, 0.2) is 0 Å². The molecule has 1 aromatic rings. The first-order chi connectivity index (χ1) is 11.6. The number of tetrazole rings is 1. The highest BCUT2D eigenvalue weighted by molar-refractivity contribution is 5.77. The zero-order chi connectivity index (χ0) is 16.9. The first-order valence-electron chi connectivity index (χ1n) is 9.42. The number of amides is 1. The van der Waals surface area contributed by atoms with Crippen LogP contribution in [0.3, 0.4) is 0 Å². The van der Waals surface area contributed by atoms with Crippen LogP contribution in [0.2, 0.25) is 0 Å². The Labute approximate surface area is 144 Å². The van der Waals surface area contributed by atoms with Gasteiger partial charge in [-0.1, -0.05) is 38.2 Å². The standard InChI is InChI=1S/C17H30N6O/c1-13(2)16(24)18-11-15-7-4-9-22(12-15)17-19-20-21-23(17)10-8-14-5-3-6-14/h13-15H,3-12H2,1-2H3,(H,18,24). The summed E-state index contributed by atoms with van der Waals surface area (Å²) in [5.74, 6) is 2.41. The van der Waals surface area contributed by atoms with E-state index in [4.69, 9.17) is 0 Å². The fraction of sp³-hybridized carbons (Fsp3) is 0.882. The molecule has 7 heteroatoms. The highest BCUT2D eigenvalue weighted by Gasteiger charge is 2.25. The van der Waals surface area contributed by atoms with Crippen LogP contribution in [0, 0.1) is 17.8 Å². The molecule has 24 heavy (non-hydrogen) atoms. The number of carbonyl (C=O) groups is 1. The molecule has 0 radical (unpaired) electrons. The highest BCUT2D eigenvalue weighted by atomic mass is 16.1. The van der Waals surface area contributed by atoms with Crippen LogP contribution in [-0.2, 0) is 11.3 Å². The predicted octanol–water partition coefficient (Wildman–Crippen LogP) is 1.85. The SMILES string of the molecule is CC(C)C(=O)NCC1CCCN(c2nnnn2CCC2CCC2)C1. The van der Waals surface area contributed by atoms with Gasteiger partial charge in [0.05, 0.1) is 0 Å². The molecule has 134 valence electrons. The van der Waals surface area contributed by atoms with Crippen LogP contribution in [0.25, 0.3) is 0 Å². The summed E-state index contributed by atoms with van der Waals surface area (Å²) in [6, 6.07) is 0. The van der Waals surface area contributed by atoms with Crippen LogP contribution in [0.4, 0.5) is 5.95 Å². The third-order valence-corrected chi connectivity index (χ3v) is 5.38. The van der Waals surface area contributed by atoms with Gasteiger partial charge in [0.1, 0.15) is 0 Å². The number of rotatable bonds is 7. The van der Waals surface area contributed by atoms with Gasteiger partial charge in [-0.05, 0) is 41.5 Å². The molecule has 0 spiro atoms. The number of aryl methyl sites for hydroxylation is 1. The average Bonchev–Trinajstić information content (AvgIpc) is 3.00. The van der Waals surface area contributed by atoms with E-state index >= 15 is 0 Å². The third kappa shape index (κ3) is 4.24. The molecule has 0 bridgehead atoms. The van der Waals surface area contributed by atoms with Gasteiger partial charge in [-0.2, -0.15) is 0 Å². The Morgan fingerprint density at radius 2 is 2.04 bits per heavy atom. The maximum absolute atomic E-state index is 11.8. The van der Waals surface area contributed by atoms with Crippen molar-refractivity contribution in [3.05, 3.63) is 0 Å². The molecule has 2 aliphatic rings. The molecule has 1 N–H and O–H groups in total. The van der Waals surface area contributed by atoms with Crippen molar-refractivity contribution in [2.75, 3.05) is 24.5 Å². The smallest absolute Gasteiger partial charge is 0.245 e. The van der Waals surface area contributed by atoms with Crippen molar-refractivity contribution in [2.45, 2.75) is 58.9 Å². The van der Waals surface area contributed by atoms with Crippen molar-refractivity contribution in [3.8, 4) is 0 Å². The maximum Gasteiger partial charge on any atom is 0.245 e. The number of carbonyl (C=O) groups excluding carboxylic acids is 1. The van der Waals surface area contributed by atoms with E-state index in [0.29, 0.717) is 5.92 Å². The minimum atomic E-state index is 0.0449. The second kappa shape index (κ2) is 7.94. The van der Waals surface area contributed by atoms with Crippen molar-refractivity contribution < 1.29 is 4.79 Å². The number of aromatic nitrogens is 4. The topological polar surface area (TPSA) is 75.9 Å². The molecular formula is C17H30N6O. The summed E-state index contributed by atoms with van der Waals surface area (Å²) in [5, 5.41) is 15.4. The van der Waals surface area contributed by atoms with Crippen LogP contribution in [0.1, 0.15) is 52.4 Å². The van der Waals surface area contributed by atoms with E-state index in [1.807, 2.05) is 18.5 Å². The van der Waals surface area contributed by atoms with Crippen LogP contribution in [-0.4, -0.2) is 45.7 Å².